The number of ketones is 1. The van der Waals surface area contributed by atoms with E-state index in [1.807, 2.05) is 20.8 Å². The molecule has 0 saturated carbocycles. The molecule has 1 nitrogen and oxygen atoms in total. The van der Waals surface area contributed by atoms with Crippen LogP contribution in [-0.4, -0.2) is 12.0 Å². The van der Waals surface area contributed by atoms with Crippen LogP contribution in [0.15, 0.2) is 0 Å². The molecule has 0 spiro atoms. The molecule has 14 heavy (non-hydrogen) atoms. The molecule has 0 aromatic heterocycles. The molecule has 0 aliphatic heterocycles. The Labute approximate surface area is 82.7 Å². The highest BCUT2D eigenvalue weighted by atomic mass is 19.4. The van der Waals surface area contributed by atoms with Gasteiger partial charge in [0.2, 0.25) is 0 Å². The normalized spacial score (nSPS) is 13.0. The molecule has 0 aliphatic rings. The van der Waals surface area contributed by atoms with E-state index in [1.54, 1.807) is 0 Å². The first kappa shape index (κ1) is 13.5. The molecule has 0 amide bonds. The Morgan fingerprint density at radius 3 is 1.79 bits per heavy atom. The second-order valence-corrected chi connectivity index (χ2v) is 4.71. The second-order valence-electron chi connectivity index (χ2n) is 4.71. The molecule has 0 aromatic rings. The monoisotopic (exact) mass is 210 g/mol. The van der Waals surface area contributed by atoms with E-state index < -0.39 is 12.6 Å². The van der Waals surface area contributed by atoms with Crippen LogP contribution in [0, 0.1) is 5.41 Å². The molecule has 0 fully saturated rings. The molecule has 0 aromatic carbocycles. The Morgan fingerprint density at radius 1 is 1.00 bits per heavy atom. The SMILES string of the molecule is CC(C)(C)CCC(=O)CCC(F)(F)F. The van der Waals surface area contributed by atoms with E-state index in [1.165, 1.54) is 0 Å². The maximum absolute atomic E-state index is 11.7. The lowest BCUT2D eigenvalue weighted by atomic mass is 9.89. The molecule has 0 N–H and O–H groups in total. The van der Waals surface area contributed by atoms with Gasteiger partial charge in [-0.15, -0.1) is 0 Å². The molecule has 0 heterocycles. The Kier molecular flexibility index (Phi) is 4.62. The van der Waals surface area contributed by atoms with Crippen molar-refractivity contribution in [2.75, 3.05) is 0 Å². The fourth-order valence-electron chi connectivity index (χ4n) is 0.921. The third-order valence-electron chi connectivity index (χ3n) is 1.84. The topological polar surface area (TPSA) is 17.1 Å². The third-order valence-corrected chi connectivity index (χ3v) is 1.84. The van der Waals surface area contributed by atoms with Gasteiger partial charge in [-0.25, -0.2) is 0 Å². The lowest BCUT2D eigenvalue weighted by Gasteiger charge is -2.17. The average Bonchev–Trinajstić information content (AvgIpc) is 1.94. The maximum Gasteiger partial charge on any atom is 0.389 e. The molecule has 0 bridgehead atoms. The van der Waals surface area contributed by atoms with Crippen molar-refractivity contribution in [2.24, 2.45) is 5.41 Å². The molecule has 0 rings (SSSR count). The number of rotatable bonds is 4. The van der Waals surface area contributed by atoms with Gasteiger partial charge in [0.25, 0.3) is 0 Å². The summed E-state index contributed by atoms with van der Waals surface area (Å²) in [5, 5.41) is 0. The first-order valence-corrected chi connectivity index (χ1v) is 4.69. The van der Waals surface area contributed by atoms with E-state index in [9.17, 15) is 18.0 Å². The minimum absolute atomic E-state index is 0.00783. The van der Waals surface area contributed by atoms with Crippen molar-refractivity contribution in [3.8, 4) is 0 Å². The maximum atomic E-state index is 11.7. The number of hydrogen-bond donors (Lipinski definition) is 0. The number of carbonyl (C=O) groups is 1. The molecular weight excluding hydrogens is 193 g/mol. The number of alkyl halides is 3. The predicted molar refractivity (Wildman–Crippen MR) is 49.0 cm³/mol. The Bertz CT molecular complexity index is 169. The van der Waals surface area contributed by atoms with E-state index in [2.05, 4.69) is 0 Å². The van der Waals surface area contributed by atoms with Gasteiger partial charge in [0.1, 0.15) is 5.78 Å². The van der Waals surface area contributed by atoms with Crippen LogP contribution in [0.25, 0.3) is 0 Å². The van der Waals surface area contributed by atoms with Crippen LogP contribution in [0.2, 0.25) is 0 Å². The molecule has 0 saturated heterocycles. The molecule has 0 aliphatic carbocycles. The number of carbonyl (C=O) groups excluding carboxylic acids is 1. The van der Waals surface area contributed by atoms with Gasteiger partial charge >= 0.3 is 6.18 Å². The van der Waals surface area contributed by atoms with E-state index in [0.29, 0.717) is 6.42 Å². The molecule has 0 atom stereocenters. The molecule has 4 heteroatoms. The first-order chi connectivity index (χ1) is 6.10. The van der Waals surface area contributed by atoms with Crippen LogP contribution in [-0.2, 0) is 4.79 Å². The minimum Gasteiger partial charge on any atom is -0.300 e. The summed E-state index contributed by atoms with van der Waals surface area (Å²) < 4.78 is 35.2. The highest BCUT2D eigenvalue weighted by Gasteiger charge is 2.27. The predicted octanol–water partition coefficient (Wildman–Crippen LogP) is 3.72. The zero-order valence-electron chi connectivity index (χ0n) is 8.87. The lowest BCUT2D eigenvalue weighted by Crippen LogP contribution is -2.13. The molecule has 84 valence electrons. The standard InChI is InChI=1S/C10H17F3O/c1-9(2,3)6-4-8(14)5-7-10(11,12)13/h4-7H2,1-3H3. The van der Waals surface area contributed by atoms with Crippen molar-refractivity contribution in [1.29, 1.82) is 0 Å². The summed E-state index contributed by atoms with van der Waals surface area (Å²) in [5.41, 5.74) is 0.00783. The van der Waals surface area contributed by atoms with Crippen LogP contribution in [0.1, 0.15) is 46.5 Å². The van der Waals surface area contributed by atoms with Crippen LogP contribution in [0.3, 0.4) is 0 Å². The van der Waals surface area contributed by atoms with E-state index >= 15 is 0 Å². The van der Waals surface area contributed by atoms with Gasteiger partial charge in [0.05, 0.1) is 6.42 Å². The fraction of sp³-hybridized carbons (Fsp3) is 0.900. The fourth-order valence-corrected chi connectivity index (χ4v) is 0.921. The van der Waals surface area contributed by atoms with E-state index in [-0.39, 0.29) is 24.0 Å². The van der Waals surface area contributed by atoms with Crippen LogP contribution in [0.5, 0.6) is 0 Å². The highest BCUT2D eigenvalue weighted by molar-refractivity contribution is 5.78. The van der Waals surface area contributed by atoms with E-state index in [4.69, 9.17) is 0 Å². The summed E-state index contributed by atoms with van der Waals surface area (Å²) in [6.45, 7) is 5.89. The quantitative estimate of drug-likeness (QED) is 0.691. The van der Waals surface area contributed by atoms with Crippen molar-refractivity contribution >= 4 is 5.78 Å². The highest BCUT2D eigenvalue weighted by Crippen LogP contribution is 2.24. The summed E-state index contributed by atoms with van der Waals surface area (Å²) in [6, 6.07) is 0. The second kappa shape index (κ2) is 4.80. The molecule has 0 radical (unpaired) electrons. The summed E-state index contributed by atoms with van der Waals surface area (Å²) in [7, 11) is 0. The van der Waals surface area contributed by atoms with Crippen LogP contribution < -0.4 is 0 Å². The third kappa shape index (κ3) is 9.55. The zero-order valence-corrected chi connectivity index (χ0v) is 8.87. The van der Waals surface area contributed by atoms with Crippen molar-refractivity contribution in [1.82, 2.24) is 0 Å². The van der Waals surface area contributed by atoms with Gasteiger partial charge in [-0.2, -0.15) is 13.2 Å². The van der Waals surface area contributed by atoms with Gasteiger partial charge in [-0.1, -0.05) is 20.8 Å². The zero-order chi connectivity index (χ0) is 11.4. The van der Waals surface area contributed by atoms with E-state index in [0.717, 1.165) is 0 Å². The van der Waals surface area contributed by atoms with Crippen molar-refractivity contribution in [3.05, 3.63) is 0 Å². The van der Waals surface area contributed by atoms with Gasteiger partial charge < -0.3 is 0 Å². The number of hydrogen-bond acceptors (Lipinski definition) is 1. The summed E-state index contributed by atoms with van der Waals surface area (Å²) in [4.78, 5) is 11.0. The average molecular weight is 210 g/mol. The van der Waals surface area contributed by atoms with Crippen LogP contribution >= 0.6 is 0 Å². The number of Topliss-reactive ketones (excluding diaryl/α,β-unsaturated/α-hetero) is 1. The van der Waals surface area contributed by atoms with Crippen molar-refractivity contribution < 1.29 is 18.0 Å². The smallest absolute Gasteiger partial charge is 0.300 e. The minimum atomic E-state index is -4.21. The Morgan fingerprint density at radius 2 is 1.43 bits per heavy atom. The lowest BCUT2D eigenvalue weighted by molar-refractivity contribution is -0.143. The van der Waals surface area contributed by atoms with Gasteiger partial charge in [-0.05, 0) is 11.8 Å². The Balaban J connectivity index is 3.68. The van der Waals surface area contributed by atoms with Crippen molar-refractivity contribution in [2.45, 2.75) is 52.6 Å². The molecular formula is C10H17F3O. The van der Waals surface area contributed by atoms with Gasteiger partial charge in [0, 0.05) is 12.8 Å². The number of halogens is 3. The van der Waals surface area contributed by atoms with Gasteiger partial charge in [-0.3, -0.25) is 4.79 Å². The van der Waals surface area contributed by atoms with Crippen LogP contribution in [0.4, 0.5) is 13.2 Å². The van der Waals surface area contributed by atoms with Crippen molar-refractivity contribution in [3.63, 3.8) is 0 Å². The summed E-state index contributed by atoms with van der Waals surface area (Å²) >= 11 is 0. The summed E-state index contributed by atoms with van der Waals surface area (Å²) in [6.07, 6.45) is -4.68. The molecule has 0 unspecified atom stereocenters. The summed E-state index contributed by atoms with van der Waals surface area (Å²) in [5.74, 6) is -0.294. The van der Waals surface area contributed by atoms with Gasteiger partial charge in [0.15, 0.2) is 0 Å². The Hall–Kier alpha value is -0.540. The first-order valence-electron chi connectivity index (χ1n) is 4.69. The largest absolute Gasteiger partial charge is 0.389 e.